The predicted octanol–water partition coefficient (Wildman–Crippen LogP) is -0.939. The number of hydrogen-bond donors (Lipinski definition) is 4. The van der Waals surface area contributed by atoms with Gasteiger partial charge in [-0.3, -0.25) is 4.79 Å². The average Bonchev–Trinajstić information content (AvgIpc) is 2.71. The molecule has 15 heavy (non-hydrogen) atoms. The number of carbonyl (C=O) groups is 1. The maximum absolute atomic E-state index is 11.1. The first-order valence-electron chi connectivity index (χ1n) is 4.45. The Morgan fingerprint density at radius 1 is 1.53 bits per heavy atom. The summed E-state index contributed by atoms with van der Waals surface area (Å²) in [4.78, 5) is 21.9. The van der Waals surface area contributed by atoms with Crippen LogP contribution in [0.4, 0.5) is 0 Å². The van der Waals surface area contributed by atoms with Crippen molar-refractivity contribution in [1.29, 1.82) is 0 Å². The van der Waals surface area contributed by atoms with E-state index in [1.165, 1.54) is 0 Å². The van der Waals surface area contributed by atoms with Crippen molar-refractivity contribution in [3.05, 3.63) is 21.7 Å². The molecule has 7 nitrogen and oxygen atoms in total. The molecule has 2 rings (SSSR count). The second-order valence-electron chi connectivity index (χ2n) is 3.43. The maximum atomic E-state index is 11.1. The lowest BCUT2D eigenvalue weighted by molar-refractivity contribution is 0.0691. The van der Waals surface area contributed by atoms with Crippen LogP contribution in [-0.4, -0.2) is 34.0 Å². The Kier molecular flexibility index (Phi) is 2.33. The van der Waals surface area contributed by atoms with Gasteiger partial charge in [-0.05, 0) is 6.42 Å². The summed E-state index contributed by atoms with van der Waals surface area (Å²) >= 11 is 0. The standard InChI is InChI=1S/C8H10N2O5/c11-3-1-4(9-2-3)6-5(8(13)14)7(12)10-15-6/h3-4,9,11H,1-2H2,(H,10,12)(H,13,14). The van der Waals surface area contributed by atoms with Crippen molar-refractivity contribution in [2.45, 2.75) is 18.6 Å². The monoisotopic (exact) mass is 214 g/mol. The number of rotatable bonds is 2. The maximum Gasteiger partial charge on any atom is 0.345 e. The topological polar surface area (TPSA) is 116 Å². The lowest BCUT2D eigenvalue weighted by atomic mass is 10.1. The lowest BCUT2D eigenvalue weighted by Crippen LogP contribution is -2.19. The van der Waals surface area contributed by atoms with Crippen molar-refractivity contribution < 1.29 is 19.5 Å². The van der Waals surface area contributed by atoms with Crippen molar-refractivity contribution in [3.8, 4) is 0 Å². The number of hydrogen-bond acceptors (Lipinski definition) is 5. The number of carboxylic acid groups (broad SMARTS) is 1. The number of aromatic nitrogens is 1. The molecule has 1 aliphatic heterocycles. The first-order valence-corrected chi connectivity index (χ1v) is 4.45. The third kappa shape index (κ3) is 1.66. The lowest BCUT2D eigenvalue weighted by Gasteiger charge is -2.05. The Morgan fingerprint density at radius 3 is 2.80 bits per heavy atom. The highest BCUT2D eigenvalue weighted by Gasteiger charge is 2.32. The summed E-state index contributed by atoms with van der Waals surface area (Å²) < 4.78 is 4.80. The van der Waals surface area contributed by atoms with Gasteiger partial charge in [0.2, 0.25) is 0 Å². The van der Waals surface area contributed by atoms with E-state index in [0.717, 1.165) is 0 Å². The molecule has 1 aromatic rings. The Labute approximate surface area is 83.7 Å². The Balaban J connectivity index is 2.36. The van der Waals surface area contributed by atoms with Crippen LogP contribution in [0.25, 0.3) is 0 Å². The van der Waals surface area contributed by atoms with Crippen molar-refractivity contribution >= 4 is 5.97 Å². The summed E-state index contributed by atoms with van der Waals surface area (Å²) in [5.41, 5.74) is -1.16. The molecule has 2 heterocycles. The molecule has 1 fully saturated rings. The van der Waals surface area contributed by atoms with Gasteiger partial charge in [0.1, 0.15) is 0 Å². The van der Waals surface area contributed by atoms with Gasteiger partial charge in [-0.2, -0.15) is 5.16 Å². The summed E-state index contributed by atoms with van der Waals surface area (Å²) in [6.45, 7) is 0.360. The van der Waals surface area contributed by atoms with Crippen molar-refractivity contribution in [1.82, 2.24) is 10.5 Å². The molecule has 0 bridgehead atoms. The van der Waals surface area contributed by atoms with Crippen molar-refractivity contribution in [2.24, 2.45) is 0 Å². The Morgan fingerprint density at radius 2 is 2.27 bits per heavy atom. The van der Waals surface area contributed by atoms with E-state index in [1.54, 1.807) is 0 Å². The van der Waals surface area contributed by atoms with E-state index >= 15 is 0 Å². The zero-order valence-electron chi connectivity index (χ0n) is 7.69. The minimum Gasteiger partial charge on any atom is -0.477 e. The Bertz CT molecular complexity index is 434. The molecule has 1 aliphatic rings. The van der Waals surface area contributed by atoms with E-state index in [0.29, 0.717) is 13.0 Å². The van der Waals surface area contributed by atoms with Gasteiger partial charge < -0.3 is 20.1 Å². The molecule has 1 saturated heterocycles. The number of aliphatic hydroxyl groups is 1. The zero-order valence-corrected chi connectivity index (χ0v) is 7.69. The molecule has 0 spiro atoms. The number of nitrogens with one attached hydrogen (secondary N) is 2. The SMILES string of the molecule is O=C(O)c1c(C2CC(O)CN2)o[nH]c1=O. The average molecular weight is 214 g/mol. The highest BCUT2D eigenvalue weighted by molar-refractivity contribution is 5.88. The molecule has 7 heteroatoms. The van der Waals surface area contributed by atoms with E-state index in [-0.39, 0.29) is 5.76 Å². The molecular formula is C8H10N2O5. The van der Waals surface area contributed by atoms with E-state index in [9.17, 15) is 14.7 Å². The molecule has 2 unspecified atom stereocenters. The Hall–Kier alpha value is -1.60. The van der Waals surface area contributed by atoms with Gasteiger partial charge in [-0.25, -0.2) is 4.79 Å². The highest BCUT2D eigenvalue weighted by atomic mass is 16.5. The highest BCUT2D eigenvalue weighted by Crippen LogP contribution is 2.24. The van der Waals surface area contributed by atoms with Crippen LogP contribution in [0.3, 0.4) is 0 Å². The fourth-order valence-corrected chi connectivity index (χ4v) is 1.68. The number of carboxylic acids is 1. The second-order valence-corrected chi connectivity index (χ2v) is 3.43. The quantitative estimate of drug-likeness (QED) is 0.505. The van der Waals surface area contributed by atoms with Crippen molar-refractivity contribution in [2.75, 3.05) is 6.54 Å². The molecule has 0 aliphatic carbocycles. The summed E-state index contributed by atoms with van der Waals surface area (Å²) in [6.07, 6.45) is -0.210. The molecule has 82 valence electrons. The third-order valence-corrected chi connectivity index (χ3v) is 2.37. The molecule has 0 radical (unpaired) electrons. The van der Waals surface area contributed by atoms with E-state index in [1.807, 2.05) is 5.16 Å². The fraction of sp³-hybridized carbons (Fsp3) is 0.500. The van der Waals surface area contributed by atoms with E-state index in [4.69, 9.17) is 9.63 Å². The van der Waals surface area contributed by atoms with Crippen LogP contribution in [0.5, 0.6) is 0 Å². The minimum absolute atomic E-state index is 0.0454. The van der Waals surface area contributed by atoms with E-state index in [2.05, 4.69) is 5.32 Å². The van der Waals surface area contributed by atoms with Crippen LogP contribution in [-0.2, 0) is 0 Å². The normalized spacial score (nSPS) is 25.7. The summed E-state index contributed by atoms with van der Waals surface area (Å²) in [7, 11) is 0. The zero-order chi connectivity index (χ0) is 11.0. The van der Waals surface area contributed by atoms with Gasteiger partial charge in [-0.1, -0.05) is 0 Å². The largest absolute Gasteiger partial charge is 0.477 e. The van der Waals surface area contributed by atoms with Crippen LogP contribution in [0.1, 0.15) is 28.6 Å². The number of aromatic amines is 1. The predicted molar refractivity (Wildman–Crippen MR) is 47.7 cm³/mol. The van der Waals surface area contributed by atoms with Crippen LogP contribution >= 0.6 is 0 Å². The van der Waals surface area contributed by atoms with Gasteiger partial charge in [0.15, 0.2) is 11.3 Å². The minimum atomic E-state index is -1.33. The number of aliphatic hydroxyl groups excluding tert-OH is 1. The molecule has 4 N–H and O–H groups in total. The van der Waals surface area contributed by atoms with Gasteiger partial charge in [0.25, 0.3) is 5.56 Å². The van der Waals surface area contributed by atoms with Crippen LogP contribution in [0, 0.1) is 0 Å². The van der Waals surface area contributed by atoms with Gasteiger partial charge >= 0.3 is 5.97 Å². The summed E-state index contributed by atoms with van der Waals surface area (Å²) in [6, 6.07) is -0.426. The molecule has 0 amide bonds. The van der Waals surface area contributed by atoms with Crippen LogP contribution in [0.15, 0.2) is 9.32 Å². The van der Waals surface area contributed by atoms with Crippen LogP contribution < -0.4 is 10.9 Å². The summed E-state index contributed by atoms with van der Waals surface area (Å²) in [5.74, 6) is -1.28. The van der Waals surface area contributed by atoms with Gasteiger partial charge in [0, 0.05) is 6.54 Å². The van der Waals surface area contributed by atoms with Crippen molar-refractivity contribution in [3.63, 3.8) is 0 Å². The summed E-state index contributed by atoms with van der Waals surface area (Å²) in [5, 5.41) is 22.9. The molecule has 2 atom stereocenters. The first-order chi connectivity index (χ1) is 7.09. The smallest absolute Gasteiger partial charge is 0.345 e. The fourth-order valence-electron chi connectivity index (χ4n) is 1.68. The molecule has 0 saturated carbocycles. The second kappa shape index (κ2) is 3.52. The van der Waals surface area contributed by atoms with Gasteiger partial charge in [-0.15, -0.1) is 0 Å². The molecular weight excluding hydrogens is 204 g/mol. The van der Waals surface area contributed by atoms with Crippen LogP contribution in [0.2, 0.25) is 0 Å². The molecule has 1 aromatic heterocycles. The van der Waals surface area contributed by atoms with Gasteiger partial charge in [0.05, 0.1) is 12.1 Å². The van der Waals surface area contributed by atoms with E-state index < -0.39 is 29.2 Å². The number of β-amino-alcohol motifs (C(OH)–C–C–N with tert-alkyl or cyclic N) is 1. The first kappa shape index (κ1) is 9.94. The number of H-pyrrole nitrogens is 1. The molecule has 0 aromatic carbocycles. The number of aromatic carboxylic acids is 1. The third-order valence-electron chi connectivity index (χ3n) is 2.37.